The van der Waals surface area contributed by atoms with E-state index in [0.29, 0.717) is 0 Å². The molecule has 0 saturated carbocycles. The second-order valence-electron chi connectivity index (χ2n) is 1.37. The number of nitrogens with one attached hydrogen (secondary N) is 1. The van der Waals surface area contributed by atoms with Gasteiger partial charge < -0.3 is 0 Å². The minimum absolute atomic E-state index is 0. The number of rotatable bonds is 0. The first-order chi connectivity index (χ1) is 3.70. The molecule has 0 radical (unpaired) electrons. The molecule has 1 aliphatic heterocycles. The molecular weight excluding hydrogens is 215 g/mol. The van der Waals surface area contributed by atoms with Crippen LogP contribution in [-0.4, -0.2) is 73.8 Å². The van der Waals surface area contributed by atoms with Crippen molar-refractivity contribution in [3.63, 3.8) is 0 Å². The summed E-state index contributed by atoms with van der Waals surface area (Å²) in [5, 5.41) is 2.07. The summed E-state index contributed by atoms with van der Waals surface area (Å²) in [6.45, 7) is 0.110. The van der Waals surface area contributed by atoms with Crippen molar-refractivity contribution in [1.29, 1.82) is 0 Å². The molecule has 0 bridgehead atoms. The van der Waals surface area contributed by atoms with Crippen LogP contribution in [-0.2, 0) is 4.79 Å². The predicted molar refractivity (Wildman–Crippen MR) is 36.3 cm³/mol. The number of carbonyl (C=O) groups excluding carboxylic acids is 2. The molecule has 0 spiro atoms. The second-order valence-corrected chi connectivity index (χ2v) is 2.23. The van der Waals surface area contributed by atoms with Gasteiger partial charge in [0.2, 0.25) is 5.91 Å². The Labute approximate surface area is 103 Å². The third kappa shape index (κ3) is 2.65. The fourth-order valence-corrected chi connectivity index (χ4v) is 0.734. The number of amides is 3. The summed E-state index contributed by atoms with van der Waals surface area (Å²) in [4.78, 5) is 20.6. The van der Waals surface area contributed by atoms with Gasteiger partial charge in [-0.05, 0) is 0 Å². The molecule has 0 atom stereocenters. The summed E-state index contributed by atoms with van der Waals surface area (Å²) in [6, 6.07) is -0.394. The van der Waals surface area contributed by atoms with Crippen LogP contribution in [0.1, 0.15) is 0 Å². The number of hydrogen-bond acceptors (Lipinski definition) is 2. The normalized spacial score (nSPS) is 17.2. The van der Waals surface area contributed by atoms with E-state index in [1.165, 1.54) is 0 Å². The summed E-state index contributed by atoms with van der Waals surface area (Å²) >= 11 is 2.84. The van der Waals surface area contributed by atoms with Gasteiger partial charge in [-0.3, -0.25) is 14.0 Å². The maximum atomic E-state index is 10.3. The molecule has 1 heterocycles. The number of imide groups is 1. The van der Waals surface area contributed by atoms with Crippen molar-refractivity contribution in [3.8, 4) is 0 Å². The Kier molecular flexibility index (Phi) is 4.52. The quantitative estimate of drug-likeness (QED) is 0.329. The van der Waals surface area contributed by atoms with Crippen LogP contribution in [0.25, 0.3) is 0 Å². The molecule has 6 heteroatoms. The summed E-state index contributed by atoms with van der Waals surface area (Å²) in [5.74, 6) is -0.271. The van der Waals surface area contributed by atoms with Crippen LogP contribution in [0.15, 0.2) is 0 Å². The van der Waals surface area contributed by atoms with Gasteiger partial charge in [0.1, 0.15) is 6.54 Å². The van der Waals surface area contributed by atoms with E-state index in [0.717, 1.165) is 3.93 Å². The predicted octanol–water partition coefficient (Wildman–Crippen LogP) is -0.800. The molecule has 1 fully saturated rings. The average Bonchev–Trinajstić information content (AvgIpc) is 1.85. The van der Waals surface area contributed by atoms with Crippen LogP contribution in [0.2, 0.25) is 0 Å². The van der Waals surface area contributed by atoms with Crippen LogP contribution in [0.3, 0.4) is 0 Å². The van der Waals surface area contributed by atoms with Crippen molar-refractivity contribution in [3.05, 3.63) is 0 Å². The average molecular weight is 219 g/mol. The van der Waals surface area contributed by atoms with Crippen LogP contribution in [0, 0.1) is 0 Å². The molecule has 0 unspecified atom stereocenters. The van der Waals surface area contributed by atoms with Crippen molar-refractivity contribution in [1.82, 2.24) is 9.24 Å². The van der Waals surface area contributed by atoms with E-state index in [2.05, 4.69) is 21.5 Å². The molecular formula is C3H4BrKN2O2. The van der Waals surface area contributed by atoms with E-state index in [1.807, 2.05) is 0 Å². The Bertz CT molecular complexity index is 151. The first-order valence-corrected chi connectivity index (χ1v) is 2.68. The van der Waals surface area contributed by atoms with E-state index in [1.54, 1.807) is 0 Å². The Morgan fingerprint density at radius 1 is 1.56 bits per heavy atom. The van der Waals surface area contributed by atoms with E-state index in [-0.39, 0.29) is 63.8 Å². The van der Waals surface area contributed by atoms with Crippen molar-refractivity contribution < 1.29 is 9.59 Å². The number of urea groups is 1. The van der Waals surface area contributed by atoms with Gasteiger partial charge in [0.25, 0.3) is 0 Å². The topological polar surface area (TPSA) is 49.4 Å². The van der Waals surface area contributed by atoms with Crippen molar-refractivity contribution >= 4 is 79.5 Å². The molecule has 1 aliphatic rings. The van der Waals surface area contributed by atoms with E-state index < -0.39 is 6.03 Å². The Hall–Kier alpha value is 1.06. The van der Waals surface area contributed by atoms with E-state index in [9.17, 15) is 9.59 Å². The zero-order valence-corrected chi connectivity index (χ0v) is 5.43. The van der Waals surface area contributed by atoms with Gasteiger partial charge in [-0.25, -0.2) is 4.79 Å². The Morgan fingerprint density at radius 2 is 2.11 bits per heavy atom. The minimum atomic E-state index is -0.394. The van der Waals surface area contributed by atoms with Crippen molar-refractivity contribution in [2.45, 2.75) is 0 Å². The van der Waals surface area contributed by atoms with Crippen LogP contribution in [0.5, 0.6) is 0 Å². The van der Waals surface area contributed by atoms with Crippen molar-refractivity contribution in [2.24, 2.45) is 0 Å². The SMILES string of the molecule is O=C1CN(Br)C(=O)N1.[KH]. The van der Waals surface area contributed by atoms with Gasteiger partial charge in [-0.1, -0.05) is 0 Å². The first kappa shape index (κ1) is 10.1. The third-order valence-electron chi connectivity index (χ3n) is 0.749. The fraction of sp³-hybridized carbons (Fsp3) is 0.333. The van der Waals surface area contributed by atoms with Gasteiger partial charge in [-0.15, -0.1) is 0 Å². The van der Waals surface area contributed by atoms with Gasteiger partial charge in [-0.2, -0.15) is 0 Å². The summed E-state index contributed by atoms with van der Waals surface area (Å²) in [6.07, 6.45) is 0. The number of nitrogens with zero attached hydrogens (tertiary/aromatic N) is 1. The summed E-state index contributed by atoms with van der Waals surface area (Å²) < 4.78 is 1.13. The second kappa shape index (κ2) is 4.04. The van der Waals surface area contributed by atoms with Gasteiger partial charge in [0.05, 0.1) is 16.1 Å². The molecule has 46 valence electrons. The molecule has 9 heavy (non-hydrogen) atoms. The van der Waals surface area contributed by atoms with Gasteiger partial charge in [0.15, 0.2) is 0 Å². The monoisotopic (exact) mass is 218 g/mol. The van der Waals surface area contributed by atoms with Crippen LogP contribution < -0.4 is 5.32 Å². The molecule has 0 aromatic heterocycles. The van der Waals surface area contributed by atoms with E-state index >= 15 is 0 Å². The maximum absolute atomic E-state index is 10.3. The van der Waals surface area contributed by atoms with Crippen LogP contribution >= 0.6 is 16.1 Å². The molecule has 1 saturated heterocycles. The first-order valence-electron chi connectivity index (χ1n) is 1.97. The zero-order valence-electron chi connectivity index (χ0n) is 3.85. The standard InChI is InChI=1S/C3H3BrN2O2.K.H/c4-6-1-2(7)5-3(6)8;;/h1H2,(H,5,7,8);;. The molecule has 1 rings (SSSR count). The number of halogens is 1. The number of hydrogen-bond donors (Lipinski definition) is 1. The van der Waals surface area contributed by atoms with E-state index in [4.69, 9.17) is 0 Å². The Balaban J connectivity index is 0.000000640. The van der Waals surface area contributed by atoms with Crippen LogP contribution in [0.4, 0.5) is 4.79 Å². The summed E-state index contributed by atoms with van der Waals surface area (Å²) in [5.41, 5.74) is 0. The molecule has 0 aliphatic carbocycles. The molecule has 0 aromatic carbocycles. The molecule has 3 amide bonds. The third-order valence-corrected chi connectivity index (χ3v) is 1.32. The fourth-order valence-electron chi connectivity index (χ4n) is 0.417. The molecule has 0 aromatic rings. The zero-order chi connectivity index (χ0) is 6.15. The van der Waals surface area contributed by atoms with Gasteiger partial charge >= 0.3 is 57.4 Å². The Morgan fingerprint density at radius 3 is 2.22 bits per heavy atom. The van der Waals surface area contributed by atoms with Gasteiger partial charge in [0, 0.05) is 0 Å². The molecule has 1 N–H and O–H groups in total. The summed E-state index contributed by atoms with van der Waals surface area (Å²) in [7, 11) is 0. The van der Waals surface area contributed by atoms with Crippen molar-refractivity contribution in [2.75, 3.05) is 6.54 Å². The molecule has 4 nitrogen and oxygen atoms in total. The number of carbonyl (C=O) groups is 2.